The minimum absolute atomic E-state index is 0.0583. The summed E-state index contributed by atoms with van der Waals surface area (Å²) in [4.78, 5) is 18.5. The predicted octanol–water partition coefficient (Wildman–Crippen LogP) is 3.48. The summed E-state index contributed by atoms with van der Waals surface area (Å²) in [5.74, 6) is 0.992. The average molecular weight is 266 g/mol. The van der Waals surface area contributed by atoms with Gasteiger partial charge in [-0.2, -0.15) is 0 Å². The molecule has 0 saturated carbocycles. The Morgan fingerprint density at radius 3 is 2.60 bits per heavy atom. The Labute approximate surface area is 119 Å². The highest BCUT2D eigenvalue weighted by Gasteiger charge is 2.33. The van der Waals surface area contributed by atoms with Crippen molar-refractivity contribution in [3.8, 4) is 0 Å². The monoisotopic (exact) mass is 266 g/mol. The van der Waals surface area contributed by atoms with Gasteiger partial charge in [-0.05, 0) is 29.7 Å². The second-order valence-corrected chi connectivity index (χ2v) is 5.56. The van der Waals surface area contributed by atoms with Crippen molar-refractivity contribution in [2.75, 3.05) is 11.4 Å². The van der Waals surface area contributed by atoms with E-state index in [0.717, 1.165) is 12.2 Å². The summed E-state index contributed by atoms with van der Waals surface area (Å²) < 4.78 is 0. The molecule has 2 heterocycles. The lowest BCUT2D eigenvalue weighted by molar-refractivity contribution is 0.0987. The Kier molecular flexibility index (Phi) is 3.26. The molecular weight excluding hydrogens is 248 g/mol. The SMILES string of the molecule is CC(C)C1CN(C(=O)c2ccncc2)c2ccccc21. The normalized spacial score (nSPS) is 17.4. The molecular formula is C17H18N2O. The molecule has 0 saturated heterocycles. The number of fused-ring (bicyclic) bond motifs is 1. The molecule has 3 heteroatoms. The van der Waals surface area contributed by atoms with Crippen molar-refractivity contribution in [3.63, 3.8) is 0 Å². The first-order valence-corrected chi connectivity index (χ1v) is 6.99. The number of amides is 1. The molecule has 1 aliphatic heterocycles. The number of nitrogens with zero attached hydrogens (tertiary/aromatic N) is 2. The summed E-state index contributed by atoms with van der Waals surface area (Å²) >= 11 is 0. The zero-order valence-electron chi connectivity index (χ0n) is 11.8. The van der Waals surface area contributed by atoms with Crippen LogP contribution >= 0.6 is 0 Å². The van der Waals surface area contributed by atoms with Crippen LogP contribution < -0.4 is 4.90 Å². The van der Waals surface area contributed by atoms with Gasteiger partial charge in [0.25, 0.3) is 5.91 Å². The fourth-order valence-electron chi connectivity index (χ4n) is 2.85. The zero-order valence-corrected chi connectivity index (χ0v) is 11.8. The average Bonchev–Trinajstić information content (AvgIpc) is 2.87. The van der Waals surface area contributed by atoms with E-state index in [-0.39, 0.29) is 5.91 Å². The molecule has 3 nitrogen and oxygen atoms in total. The van der Waals surface area contributed by atoms with E-state index in [4.69, 9.17) is 0 Å². The van der Waals surface area contributed by atoms with Crippen molar-refractivity contribution < 1.29 is 4.79 Å². The third-order valence-electron chi connectivity index (χ3n) is 3.98. The molecule has 0 bridgehead atoms. The third-order valence-corrected chi connectivity index (χ3v) is 3.98. The topological polar surface area (TPSA) is 33.2 Å². The number of aromatic nitrogens is 1. The largest absolute Gasteiger partial charge is 0.307 e. The highest BCUT2D eigenvalue weighted by Crippen LogP contribution is 2.40. The minimum Gasteiger partial charge on any atom is -0.307 e. The van der Waals surface area contributed by atoms with Crippen molar-refractivity contribution in [3.05, 3.63) is 59.9 Å². The van der Waals surface area contributed by atoms with Crippen LogP contribution in [0.25, 0.3) is 0 Å². The van der Waals surface area contributed by atoms with Crippen LogP contribution in [0.15, 0.2) is 48.8 Å². The second-order valence-electron chi connectivity index (χ2n) is 5.56. The molecule has 1 atom stereocenters. The quantitative estimate of drug-likeness (QED) is 0.833. The van der Waals surface area contributed by atoms with Crippen LogP contribution in [0.4, 0.5) is 5.69 Å². The Morgan fingerprint density at radius 2 is 1.90 bits per heavy atom. The number of anilines is 1. The van der Waals surface area contributed by atoms with Gasteiger partial charge in [-0.1, -0.05) is 32.0 Å². The number of carbonyl (C=O) groups excluding carboxylic acids is 1. The number of hydrogen-bond donors (Lipinski definition) is 0. The van der Waals surface area contributed by atoms with E-state index in [9.17, 15) is 4.79 Å². The van der Waals surface area contributed by atoms with E-state index in [0.29, 0.717) is 17.4 Å². The molecule has 1 unspecified atom stereocenters. The van der Waals surface area contributed by atoms with Gasteiger partial charge in [-0.3, -0.25) is 9.78 Å². The molecule has 0 aliphatic carbocycles. The first kappa shape index (κ1) is 12.9. The van der Waals surface area contributed by atoms with Crippen LogP contribution in [0, 0.1) is 5.92 Å². The molecule has 3 rings (SSSR count). The van der Waals surface area contributed by atoms with E-state index < -0.39 is 0 Å². The van der Waals surface area contributed by atoms with Crippen molar-refractivity contribution in [2.45, 2.75) is 19.8 Å². The molecule has 1 aromatic heterocycles. The Balaban J connectivity index is 1.98. The van der Waals surface area contributed by atoms with Gasteiger partial charge >= 0.3 is 0 Å². The lowest BCUT2D eigenvalue weighted by Crippen LogP contribution is -2.30. The van der Waals surface area contributed by atoms with E-state index in [2.05, 4.69) is 31.0 Å². The predicted molar refractivity (Wildman–Crippen MR) is 79.9 cm³/mol. The molecule has 1 amide bonds. The lowest BCUT2D eigenvalue weighted by atomic mass is 9.90. The Hall–Kier alpha value is -2.16. The smallest absolute Gasteiger partial charge is 0.258 e. The van der Waals surface area contributed by atoms with Crippen LogP contribution in [-0.4, -0.2) is 17.4 Å². The van der Waals surface area contributed by atoms with Gasteiger partial charge in [0.05, 0.1) is 0 Å². The summed E-state index contributed by atoms with van der Waals surface area (Å²) in [6, 6.07) is 11.8. The Bertz CT molecular complexity index is 622. The van der Waals surface area contributed by atoms with Crippen LogP contribution in [0.3, 0.4) is 0 Å². The van der Waals surface area contributed by atoms with Crippen LogP contribution in [-0.2, 0) is 0 Å². The summed E-state index contributed by atoms with van der Waals surface area (Å²) in [7, 11) is 0. The van der Waals surface area contributed by atoms with Gasteiger partial charge in [0, 0.05) is 36.1 Å². The summed E-state index contributed by atoms with van der Waals surface area (Å²) in [6.07, 6.45) is 3.32. The number of carbonyl (C=O) groups is 1. The highest BCUT2D eigenvalue weighted by molar-refractivity contribution is 6.07. The molecule has 0 spiro atoms. The first-order valence-electron chi connectivity index (χ1n) is 6.99. The third kappa shape index (κ3) is 2.09. The lowest BCUT2D eigenvalue weighted by Gasteiger charge is -2.19. The second kappa shape index (κ2) is 5.08. The number of benzene rings is 1. The molecule has 2 aromatic rings. The molecule has 20 heavy (non-hydrogen) atoms. The summed E-state index contributed by atoms with van der Waals surface area (Å²) in [5.41, 5.74) is 3.03. The van der Waals surface area contributed by atoms with Crippen molar-refractivity contribution >= 4 is 11.6 Å². The molecule has 1 aliphatic rings. The fraction of sp³-hybridized carbons (Fsp3) is 0.294. The summed E-state index contributed by atoms with van der Waals surface area (Å²) in [6.45, 7) is 5.18. The molecule has 0 N–H and O–H groups in total. The van der Waals surface area contributed by atoms with Gasteiger partial charge in [0.1, 0.15) is 0 Å². The van der Waals surface area contributed by atoms with E-state index >= 15 is 0 Å². The number of hydrogen-bond acceptors (Lipinski definition) is 2. The van der Waals surface area contributed by atoms with Crippen LogP contribution in [0.5, 0.6) is 0 Å². The molecule has 1 aromatic carbocycles. The maximum atomic E-state index is 12.7. The van der Waals surface area contributed by atoms with E-state index in [1.165, 1.54) is 5.56 Å². The van der Waals surface area contributed by atoms with Gasteiger partial charge in [-0.25, -0.2) is 0 Å². The first-order chi connectivity index (χ1) is 9.68. The van der Waals surface area contributed by atoms with E-state index in [1.807, 2.05) is 17.0 Å². The van der Waals surface area contributed by atoms with Crippen LogP contribution in [0.2, 0.25) is 0 Å². The molecule has 102 valence electrons. The van der Waals surface area contributed by atoms with Crippen molar-refractivity contribution in [1.29, 1.82) is 0 Å². The van der Waals surface area contributed by atoms with Gasteiger partial charge in [0.15, 0.2) is 0 Å². The van der Waals surface area contributed by atoms with Gasteiger partial charge < -0.3 is 4.90 Å². The van der Waals surface area contributed by atoms with Gasteiger partial charge in [0.2, 0.25) is 0 Å². The van der Waals surface area contributed by atoms with Gasteiger partial charge in [-0.15, -0.1) is 0 Å². The number of para-hydroxylation sites is 1. The van der Waals surface area contributed by atoms with E-state index in [1.54, 1.807) is 24.5 Å². The van der Waals surface area contributed by atoms with Crippen molar-refractivity contribution in [1.82, 2.24) is 4.98 Å². The maximum absolute atomic E-state index is 12.7. The molecule has 0 fully saturated rings. The zero-order chi connectivity index (χ0) is 14.1. The molecule has 0 radical (unpaired) electrons. The number of rotatable bonds is 2. The number of pyridine rings is 1. The van der Waals surface area contributed by atoms with Crippen molar-refractivity contribution in [2.24, 2.45) is 5.92 Å². The minimum atomic E-state index is 0.0583. The highest BCUT2D eigenvalue weighted by atomic mass is 16.2. The standard InChI is InChI=1S/C17H18N2O/c1-12(2)15-11-19(16-6-4-3-5-14(15)16)17(20)13-7-9-18-10-8-13/h3-10,12,15H,11H2,1-2H3. The fourth-order valence-corrected chi connectivity index (χ4v) is 2.85. The maximum Gasteiger partial charge on any atom is 0.258 e. The Morgan fingerprint density at radius 1 is 1.20 bits per heavy atom. The summed E-state index contributed by atoms with van der Waals surface area (Å²) in [5, 5.41) is 0. The van der Waals surface area contributed by atoms with Crippen LogP contribution in [0.1, 0.15) is 35.7 Å².